The van der Waals surface area contributed by atoms with Gasteiger partial charge in [-0.1, -0.05) is 0 Å². The van der Waals surface area contributed by atoms with Crippen molar-refractivity contribution in [3.63, 3.8) is 0 Å². The normalized spacial score (nSPS) is 16.6. The van der Waals surface area contributed by atoms with Crippen molar-refractivity contribution in [2.75, 3.05) is 36.4 Å². The van der Waals surface area contributed by atoms with Crippen LogP contribution >= 0.6 is 0 Å². The zero-order chi connectivity index (χ0) is 19.6. The molecule has 1 atom stereocenters. The number of rotatable bonds is 9. The third-order valence-corrected chi connectivity index (χ3v) is 5.12. The van der Waals surface area contributed by atoms with Crippen LogP contribution in [-0.2, 0) is 11.2 Å². The fourth-order valence-electron chi connectivity index (χ4n) is 3.63. The molecule has 1 fully saturated rings. The molecule has 0 aromatic carbocycles. The van der Waals surface area contributed by atoms with Crippen molar-refractivity contribution >= 4 is 17.5 Å². The van der Waals surface area contributed by atoms with Gasteiger partial charge in [0.2, 0.25) is 5.91 Å². The average Bonchev–Trinajstić information content (AvgIpc) is 2.74. The molecule has 2 aromatic rings. The molecule has 1 saturated heterocycles. The van der Waals surface area contributed by atoms with E-state index in [-0.39, 0.29) is 5.91 Å². The van der Waals surface area contributed by atoms with Gasteiger partial charge in [0.05, 0.1) is 0 Å². The van der Waals surface area contributed by atoms with Gasteiger partial charge < -0.3 is 15.5 Å². The molecule has 0 spiro atoms. The number of pyridine rings is 1. The summed E-state index contributed by atoms with van der Waals surface area (Å²) in [4.78, 5) is 27.2. The van der Waals surface area contributed by atoms with Crippen LogP contribution in [-0.4, -0.2) is 47.0 Å². The number of carbonyl (C=O) groups excluding carboxylic acids is 1. The minimum Gasteiger partial charge on any atom is -0.370 e. The lowest BCUT2D eigenvalue weighted by atomic mass is 9.93. The first-order chi connectivity index (χ1) is 13.7. The molecule has 0 aliphatic carbocycles. The van der Waals surface area contributed by atoms with E-state index in [1.54, 1.807) is 18.7 Å². The summed E-state index contributed by atoms with van der Waals surface area (Å²) in [5.74, 6) is 2.50. The van der Waals surface area contributed by atoms with Crippen LogP contribution < -0.4 is 15.5 Å². The molecular formula is C21H30N6O. The average molecular weight is 383 g/mol. The molecule has 7 nitrogen and oxygen atoms in total. The van der Waals surface area contributed by atoms with Crippen molar-refractivity contribution in [1.29, 1.82) is 0 Å². The summed E-state index contributed by atoms with van der Waals surface area (Å²) in [6.07, 6.45) is 9.83. The second-order valence-electron chi connectivity index (χ2n) is 7.24. The van der Waals surface area contributed by atoms with E-state index in [0.29, 0.717) is 18.9 Å². The van der Waals surface area contributed by atoms with E-state index in [1.807, 2.05) is 18.2 Å². The number of amides is 1. The SMILES string of the molecule is CCNc1cc(N2CCC[C@H](CCC(=O)NCCc3ccncc3)C2)ncn1. The number of carbonyl (C=O) groups is 1. The minimum absolute atomic E-state index is 0.141. The van der Waals surface area contributed by atoms with E-state index < -0.39 is 0 Å². The number of nitrogens with zero attached hydrogens (tertiary/aromatic N) is 4. The summed E-state index contributed by atoms with van der Waals surface area (Å²) in [6, 6.07) is 5.98. The van der Waals surface area contributed by atoms with Crippen LogP contribution in [0, 0.1) is 5.92 Å². The molecule has 2 N–H and O–H groups in total. The first-order valence-electron chi connectivity index (χ1n) is 10.2. The van der Waals surface area contributed by atoms with Gasteiger partial charge in [0.1, 0.15) is 18.0 Å². The van der Waals surface area contributed by atoms with Crippen molar-refractivity contribution in [1.82, 2.24) is 20.3 Å². The molecule has 7 heteroatoms. The molecule has 3 heterocycles. The second-order valence-corrected chi connectivity index (χ2v) is 7.24. The van der Waals surface area contributed by atoms with Crippen molar-refractivity contribution in [2.24, 2.45) is 5.92 Å². The Kier molecular flexibility index (Phi) is 7.58. The quantitative estimate of drug-likeness (QED) is 0.694. The highest BCUT2D eigenvalue weighted by Crippen LogP contribution is 2.25. The van der Waals surface area contributed by atoms with Gasteiger partial charge in [0, 0.05) is 51.1 Å². The molecule has 0 unspecified atom stereocenters. The van der Waals surface area contributed by atoms with Gasteiger partial charge in [0.15, 0.2) is 0 Å². The summed E-state index contributed by atoms with van der Waals surface area (Å²) < 4.78 is 0. The van der Waals surface area contributed by atoms with Crippen LogP contribution in [0.2, 0.25) is 0 Å². The Morgan fingerprint density at radius 3 is 2.96 bits per heavy atom. The Labute approximate surface area is 167 Å². The zero-order valence-corrected chi connectivity index (χ0v) is 16.6. The lowest BCUT2D eigenvalue weighted by Crippen LogP contribution is -2.36. The van der Waals surface area contributed by atoms with Gasteiger partial charge in [-0.3, -0.25) is 9.78 Å². The summed E-state index contributed by atoms with van der Waals surface area (Å²) in [7, 11) is 0. The Morgan fingerprint density at radius 2 is 2.14 bits per heavy atom. The molecule has 1 aliphatic rings. The van der Waals surface area contributed by atoms with Gasteiger partial charge in [0.25, 0.3) is 0 Å². The van der Waals surface area contributed by atoms with E-state index in [0.717, 1.165) is 50.5 Å². The van der Waals surface area contributed by atoms with E-state index in [2.05, 4.69) is 37.4 Å². The maximum absolute atomic E-state index is 12.2. The maximum atomic E-state index is 12.2. The predicted octanol–water partition coefficient (Wildman–Crippen LogP) is 2.66. The third-order valence-electron chi connectivity index (χ3n) is 5.12. The molecule has 0 bridgehead atoms. The summed E-state index contributed by atoms with van der Waals surface area (Å²) in [5, 5.41) is 6.27. The first kappa shape index (κ1) is 20.0. The lowest BCUT2D eigenvalue weighted by molar-refractivity contribution is -0.121. The van der Waals surface area contributed by atoms with Gasteiger partial charge in [-0.25, -0.2) is 9.97 Å². The van der Waals surface area contributed by atoms with Gasteiger partial charge >= 0.3 is 0 Å². The Balaban J connectivity index is 1.41. The van der Waals surface area contributed by atoms with Crippen LogP contribution in [0.25, 0.3) is 0 Å². The molecular weight excluding hydrogens is 352 g/mol. The fourth-order valence-corrected chi connectivity index (χ4v) is 3.63. The molecule has 0 radical (unpaired) electrons. The molecule has 3 rings (SSSR count). The van der Waals surface area contributed by atoms with Gasteiger partial charge in [-0.05, 0) is 56.2 Å². The standard InChI is InChI=1S/C21H30N6O/c1-2-23-19-14-20(26-16-25-19)27-13-3-4-18(15-27)5-6-21(28)24-12-9-17-7-10-22-11-8-17/h7-8,10-11,14,16,18H,2-6,9,12-13,15H2,1H3,(H,24,28)(H,23,25,26)/t18-/m1/s1. The maximum Gasteiger partial charge on any atom is 0.220 e. The van der Waals surface area contributed by atoms with E-state index in [4.69, 9.17) is 0 Å². The number of piperidine rings is 1. The number of nitrogens with one attached hydrogen (secondary N) is 2. The molecule has 150 valence electrons. The zero-order valence-electron chi connectivity index (χ0n) is 16.6. The van der Waals surface area contributed by atoms with Crippen molar-refractivity contribution in [3.8, 4) is 0 Å². The van der Waals surface area contributed by atoms with Crippen LogP contribution in [0.3, 0.4) is 0 Å². The summed E-state index contributed by atoms with van der Waals surface area (Å²) >= 11 is 0. The van der Waals surface area contributed by atoms with Crippen molar-refractivity contribution in [2.45, 2.75) is 39.0 Å². The van der Waals surface area contributed by atoms with Crippen LogP contribution in [0.15, 0.2) is 36.9 Å². The van der Waals surface area contributed by atoms with Crippen LogP contribution in [0.1, 0.15) is 38.2 Å². The van der Waals surface area contributed by atoms with Crippen molar-refractivity contribution < 1.29 is 4.79 Å². The molecule has 1 aliphatic heterocycles. The third kappa shape index (κ3) is 6.18. The van der Waals surface area contributed by atoms with E-state index in [9.17, 15) is 4.79 Å². The smallest absolute Gasteiger partial charge is 0.220 e. The van der Waals surface area contributed by atoms with Crippen LogP contribution in [0.4, 0.5) is 11.6 Å². The van der Waals surface area contributed by atoms with Gasteiger partial charge in [-0.15, -0.1) is 0 Å². The molecule has 1 amide bonds. The number of hydrogen-bond donors (Lipinski definition) is 2. The van der Waals surface area contributed by atoms with E-state index in [1.165, 1.54) is 12.0 Å². The lowest BCUT2D eigenvalue weighted by Gasteiger charge is -2.33. The molecule has 28 heavy (non-hydrogen) atoms. The Bertz CT molecular complexity index is 739. The highest BCUT2D eigenvalue weighted by atomic mass is 16.1. The number of aromatic nitrogens is 3. The molecule has 0 saturated carbocycles. The monoisotopic (exact) mass is 382 g/mol. The predicted molar refractivity (Wildman–Crippen MR) is 111 cm³/mol. The van der Waals surface area contributed by atoms with Crippen molar-refractivity contribution in [3.05, 3.63) is 42.5 Å². The number of hydrogen-bond acceptors (Lipinski definition) is 6. The Morgan fingerprint density at radius 1 is 1.29 bits per heavy atom. The van der Waals surface area contributed by atoms with Gasteiger partial charge in [-0.2, -0.15) is 0 Å². The summed E-state index contributed by atoms with van der Waals surface area (Å²) in [6.45, 7) is 5.54. The molecule has 2 aromatic heterocycles. The second kappa shape index (κ2) is 10.6. The number of anilines is 2. The summed E-state index contributed by atoms with van der Waals surface area (Å²) in [5.41, 5.74) is 1.19. The fraction of sp³-hybridized carbons (Fsp3) is 0.524. The highest BCUT2D eigenvalue weighted by Gasteiger charge is 2.22. The topological polar surface area (TPSA) is 83.0 Å². The first-order valence-corrected chi connectivity index (χ1v) is 10.2. The highest BCUT2D eigenvalue weighted by molar-refractivity contribution is 5.75. The Hall–Kier alpha value is -2.70. The largest absolute Gasteiger partial charge is 0.370 e. The minimum atomic E-state index is 0.141. The van der Waals surface area contributed by atoms with Crippen LogP contribution in [0.5, 0.6) is 0 Å². The van der Waals surface area contributed by atoms with E-state index >= 15 is 0 Å².